The predicted octanol–water partition coefficient (Wildman–Crippen LogP) is 3.25. The third kappa shape index (κ3) is 8.02. The minimum atomic E-state index is -2.14. The Labute approximate surface area is 264 Å². The number of nitrogens with one attached hydrogen (secondary N) is 4. The second kappa shape index (κ2) is 14.6. The molecule has 2 amide bonds. The van der Waals surface area contributed by atoms with E-state index in [1.54, 1.807) is 0 Å². The summed E-state index contributed by atoms with van der Waals surface area (Å²) in [6.07, 6.45) is 11.3. The molecular weight excluding hydrogens is 584 g/mol. The van der Waals surface area contributed by atoms with Gasteiger partial charge in [0.05, 0.1) is 30.9 Å². The number of carbonyl (C=O) groups excluding carboxylic acids is 2. The molecule has 244 valence electrons. The highest BCUT2D eigenvalue weighted by Crippen LogP contribution is 2.42. The number of amides is 2. The Morgan fingerprint density at radius 2 is 1.72 bits per heavy atom. The molecule has 3 saturated carbocycles. The van der Waals surface area contributed by atoms with Gasteiger partial charge in [0.1, 0.15) is 0 Å². The molecule has 5 N–H and O–H groups in total. The summed E-state index contributed by atoms with van der Waals surface area (Å²) in [6.45, 7) is 7.00. The third-order valence-corrected chi connectivity index (χ3v) is 14.1. The fraction of sp³-hybridized carbons (Fsp3) is 0.903. The SMILES string of the molecule is COC1CCC2C(C1)C(C1CCC(Cl)CC1)=N[C@@H](CC(=O)NCCNC(=O)C1CCC([Si](C)(C)O)CC1)C1NNC(C)N21. The fourth-order valence-electron chi connectivity index (χ4n) is 8.52. The number of halogens is 1. The van der Waals surface area contributed by atoms with Crippen LogP contribution in [0.5, 0.6) is 0 Å². The van der Waals surface area contributed by atoms with E-state index in [4.69, 9.17) is 21.3 Å². The van der Waals surface area contributed by atoms with E-state index in [0.29, 0.717) is 42.9 Å². The van der Waals surface area contributed by atoms with Crippen LogP contribution in [0, 0.1) is 17.8 Å². The van der Waals surface area contributed by atoms with Crippen LogP contribution in [-0.2, 0) is 14.3 Å². The summed E-state index contributed by atoms with van der Waals surface area (Å²) in [6, 6.07) is 0.141. The van der Waals surface area contributed by atoms with Gasteiger partial charge in [0, 0.05) is 49.2 Å². The van der Waals surface area contributed by atoms with Crippen LogP contribution < -0.4 is 21.5 Å². The van der Waals surface area contributed by atoms with E-state index in [-0.39, 0.29) is 47.6 Å². The van der Waals surface area contributed by atoms with Crippen molar-refractivity contribution in [1.29, 1.82) is 0 Å². The average molecular weight is 639 g/mol. The molecule has 1 saturated heterocycles. The molecule has 0 bridgehead atoms. The van der Waals surface area contributed by atoms with E-state index in [1.807, 2.05) is 20.2 Å². The smallest absolute Gasteiger partial charge is 0.223 e. The van der Waals surface area contributed by atoms with Crippen LogP contribution in [-0.4, -0.2) is 91.6 Å². The van der Waals surface area contributed by atoms with E-state index < -0.39 is 8.32 Å². The molecule has 2 heterocycles. The summed E-state index contributed by atoms with van der Waals surface area (Å²) < 4.78 is 5.86. The normalized spacial score (nSPS) is 38.8. The molecule has 10 nitrogen and oxygen atoms in total. The minimum absolute atomic E-state index is 0.00562. The monoisotopic (exact) mass is 638 g/mol. The van der Waals surface area contributed by atoms with E-state index in [1.165, 1.54) is 5.71 Å². The van der Waals surface area contributed by atoms with Crippen molar-refractivity contribution in [2.45, 2.75) is 139 Å². The lowest BCUT2D eigenvalue weighted by Gasteiger charge is -2.44. The standard InChI is InChI=1S/C31H55ClN6O4Si/c1-19-36-37-30-26(18-28(39)33-15-16-34-31(40)21-7-12-24(13-8-21)43(3,4)41)35-29(20-5-9-22(32)10-6-20)25-17-23(42-2)11-14-27(25)38(19)30/h19-27,30,36-37,41H,5-18H2,1-4H3,(H,33,39)(H,34,40)/t19?,20?,21?,22?,23?,24?,25?,26-,27?,30?/m0/s1. The fourth-order valence-corrected chi connectivity index (χ4v) is 10.5. The first-order valence-corrected chi connectivity index (χ1v) is 20.3. The summed E-state index contributed by atoms with van der Waals surface area (Å²) in [5.41, 5.74) is 8.58. The van der Waals surface area contributed by atoms with Crippen molar-refractivity contribution in [3.8, 4) is 0 Å². The van der Waals surface area contributed by atoms with Gasteiger partial charge < -0.3 is 20.2 Å². The number of ether oxygens (including phenoxy) is 1. The lowest BCUT2D eigenvalue weighted by Crippen LogP contribution is -2.55. The van der Waals surface area contributed by atoms with Gasteiger partial charge in [-0.05, 0) is 102 Å². The van der Waals surface area contributed by atoms with Crippen LogP contribution in [0.1, 0.15) is 84.0 Å². The van der Waals surface area contributed by atoms with Crippen LogP contribution in [0.3, 0.4) is 0 Å². The zero-order valence-corrected chi connectivity index (χ0v) is 28.4. The first-order chi connectivity index (χ1) is 20.5. The van der Waals surface area contributed by atoms with Crippen molar-refractivity contribution >= 4 is 37.4 Å². The van der Waals surface area contributed by atoms with Gasteiger partial charge >= 0.3 is 0 Å². The van der Waals surface area contributed by atoms with Gasteiger partial charge in [-0.25, -0.2) is 10.9 Å². The second-order valence-electron chi connectivity index (χ2n) is 14.3. The summed E-state index contributed by atoms with van der Waals surface area (Å²) in [5.74, 6) is 0.751. The van der Waals surface area contributed by atoms with E-state index in [2.05, 4.69) is 33.3 Å². The van der Waals surface area contributed by atoms with Gasteiger partial charge in [-0.2, -0.15) is 0 Å². The van der Waals surface area contributed by atoms with Crippen molar-refractivity contribution in [1.82, 2.24) is 26.4 Å². The lowest BCUT2D eigenvalue weighted by molar-refractivity contribution is -0.126. The molecule has 0 spiro atoms. The maximum Gasteiger partial charge on any atom is 0.223 e. The number of nitrogens with zero attached hydrogens (tertiary/aromatic N) is 2. The molecule has 43 heavy (non-hydrogen) atoms. The van der Waals surface area contributed by atoms with Gasteiger partial charge in [0.2, 0.25) is 11.8 Å². The van der Waals surface area contributed by atoms with Gasteiger partial charge in [-0.15, -0.1) is 11.6 Å². The third-order valence-electron chi connectivity index (χ3n) is 11.1. The molecule has 0 radical (unpaired) electrons. The van der Waals surface area contributed by atoms with Crippen molar-refractivity contribution < 1.29 is 19.1 Å². The molecule has 0 aromatic rings. The molecule has 5 aliphatic rings. The van der Waals surface area contributed by atoms with Gasteiger partial charge in [0.25, 0.3) is 0 Å². The highest BCUT2D eigenvalue weighted by atomic mass is 35.5. The Kier molecular flexibility index (Phi) is 11.3. The number of fused-ring (bicyclic) bond motifs is 3. The minimum Gasteiger partial charge on any atom is -0.432 e. The van der Waals surface area contributed by atoms with Gasteiger partial charge in [-0.3, -0.25) is 19.5 Å². The number of methoxy groups -OCH3 is 1. The molecule has 0 aromatic carbocycles. The molecule has 12 heteroatoms. The Morgan fingerprint density at radius 1 is 1.02 bits per heavy atom. The van der Waals surface area contributed by atoms with Crippen LogP contribution in [0.4, 0.5) is 0 Å². The largest absolute Gasteiger partial charge is 0.432 e. The highest BCUT2D eigenvalue weighted by molar-refractivity contribution is 6.71. The van der Waals surface area contributed by atoms with Crippen molar-refractivity contribution in [2.24, 2.45) is 22.7 Å². The molecule has 4 fully saturated rings. The van der Waals surface area contributed by atoms with Gasteiger partial charge in [0.15, 0.2) is 8.32 Å². The Hall–Kier alpha value is -1.08. The molecule has 5 rings (SSSR count). The maximum atomic E-state index is 13.3. The van der Waals surface area contributed by atoms with E-state index >= 15 is 0 Å². The number of hydrogen-bond donors (Lipinski definition) is 5. The molecule has 6 atom stereocenters. The summed E-state index contributed by atoms with van der Waals surface area (Å²) in [5, 5.41) is 6.33. The Bertz CT molecular complexity index is 997. The van der Waals surface area contributed by atoms with Crippen LogP contribution in [0.25, 0.3) is 0 Å². The second-order valence-corrected chi connectivity index (χ2v) is 19.1. The molecule has 2 aliphatic heterocycles. The first-order valence-electron chi connectivity index (χ1n) is 16.8. The highest BCUT2D eigenvalue weighted by Gasteiger charge is 2.50. The molecule has 0 aromatic heterocycles. The van der Waals surface area contributed by atoms with Gasteiger partial charge in [-0.1, -0.05) is 0 Å². The van der Waals surface area contributed by atoms with Crippen LogP contribution in [0.15, 0.2) is 4.99 Å². The molecule has 3 aliphatic carbocycles. The lowest BCUT2D eigenvalue weighted by atomic mass is 9.72. The van der Waals surface area contributed by atoms with E-state index in [9.17, 15) is 14.4 Å². The average Bonchev–Trinajstić information content (AvgIpc) is 3.31. The Balaban J connectivity index is 1.20. The summed E-state index contributed by atoms with van der Waals surface area (Å²) in [4.78, 5) is 44.5. The number of rotatable bonds is 9. The van der Waals surface area contributed by atoms with Crippen molar-refractivity contribution in [2.75, 3.05) is 20.2 Å². The predicted molar refractivity (Wildman–Crippen MR) is 172 cm³/mol. The molecular formula is C31H55ClN6O4Si. The number of alkyl halides is 1. The van der Waals surface area contributed by atoms with Crippen LogP contribution in [0.2, 0.25) is 18.6 Å². The number of carbonyl (C=O) groups is 2. The summed E-state index contributed by atoms with van der Waals surface area (Å²) >= 11 is 6.50. The number of aliphatic imine (C=N–C) groups is 1. The van der Waals surface area contributed by atoms with Crippen molar-refractivity contribution in [3.05, 3.63) is 0 Å². The summed E-state index contributed by atoms with van der Waals surface area (Å²) in [7, 11) is -0.320. The quantitative estimate of drug-likeness (QED) is 0.149. The Morgan fingerprint density at radius 3 is 2.40 bits per heavy atom. The maximum absolute atomic E-state index is 13.3. The van der Waals surface area contributed by atoms with Crippen molar-refractivity contribution in [3.63, 3.8) is 0 Å². The first kappa shape index (κ1) is 33.3. The van der Waals surface area contributed by atoms with Crippen LogP contribution >= 0.6 is 11.6 Å². The number of hydrazine groups is 1. The topological polar surface area (TPSA) is 127 Å². The van der Waals surface area contributed by atoms with E-state index in [0.717, 1.165) is 70.6 Å². The zero-order valence-electron chi connectivity index (χ0n) is 26.6. The zero-order chi connectivity index (χ0) is 30.7. The molecule has 5 unspecified atom stereocenters. The number of hydrogen-bond acceptors (Lipinski definition) is 8.